The van der Waals surface area contributed by atoms with Crippen LogP contribution in [0.4, 0.5) is 0 Å². The molecule has 0 radical (unpaired) electrons. The number of nitrogens with one attached hydrogen (secondary N) is 1. The normalized spacial score (nSPS) is 14.2. The van der Waals surface area contributed by atoms with Crippen molar-refractivity contribution in [3.8, 4) is 0 Å². The van der Waals surface area contributed by atoms with Gasteiger partial charge < -0.3 is 15.4 Å². The summed E-state index contributed by atoms with van der Waals surface area (Å²) in [4.78, 5) is 0. The van der Waals surface area contributed by atoms with Crippen LogP contribution < -0.4 is 5.73 Å². The van der Waals surface area contributed by atoms with Crippen molar-refractivity contribution in [1.29, 1.82) is 5.41 Å². The number of hydrogen-bond acceptors (Lipinski definition) is 6. The fourth-order valence-corrected chi connectivity index (χ4v) is 1.70. The molecule has 0 aliphatic rings. The molecule has 0 aromatic carbocycles. The van der Waals surface area contributed by atoms with Gasteiger partial charge in [0.15, 0.2) is 5.17 Å². The summed E-state index contributed by atoms with van der Waals surface area (Å²) in [7, 11) is -4.40. The van der Waals surface area contributed by atoms with Crippen molar-refractivity contribution in [2.24, 2.45) is 5.73 Å². The summed E-state index contributed by atoms with van der Waals surface area (Å²) in [5, 5.41) is 15.4. The van der Waals surface area contributed by atoms with Crippen LogP contribution in [-0.4, -0.2) is 40.9 Å². The van der Waals surface area contributed by atoms with Crippen LogP contribution in [0.3, 0.4) is 0 Å². The molecular formula is C4H9N2O4S2-. The van der Waals surface area contributed by atoms with Crippen molar-refractivity contribution in [2.45, 2.75) is 6.10 Å². The van der Waals surface area contributed by atoms with E-state index in [9.17, 15) is 13.0 Å². The molecule has 0 bridgehead atoms. The standard InChI is InChI=1S/C4H10N2O4S2/c5-4(6)11-1-3(7)2-12(8,9)10/h3,7H,1-2H2,(H3,5,6)(H,8,9,10)/p-1/t3-/m0/s1. The Balaban J connectivity index is 3.75. The summed E-state index contributed by atoms with van der Waals surface area (Å²) in [5.74, 6) is -0.899. The van der Waals surface area contributed by atoms with Crippen LogP contribution in [0.5, 0.6) is 0 Å². The quantitative estimate of drug-likeness (QED) is 0.297. The molecule has 6 nitrogen and oxygen atoms in total. The van der Waals surface area contributed by atoms with Crippen LogP contribution in [0, 0.1) is 5.41 Å². The first-order chi connectivity index (χ1) is 5.31. The van der Waals surface area contributed by atoms with Gasteiger partial charge >= 0.3 is 0 Å². The molecule has 0 aliphatic heterocycles. The lowest BCUT2D eigenvalue weighted by Crippen LogP contribution is -2.24. The third kappa shape index (κ3) is 7.79. The molecule has 0 fully saturated rings. The second-order valence-corrected chi connectivity index (χ2v) is 4.56. The number of thioether (sulfide) groups is 1. The Bertz CT molecular complexity index is 250. The van der Waals surface area contributed by atoms with Gasteiger partial charge in [-0.2, -0.15) is 0 Å². The Morgan fingerprint density at radius 3 is 2.58 bits per heavy atom. The second-order valence-electron chi connectivity index (χ2n) is 2.05. The molecule has 12 heavy (non-hydrogen) atoms. The van der Waals surface area contributed by atoms with E-state index >= 15 is 0 Å². The highest BCUT2D eigenvalue weighted by Gasteiger charge is 2.08. The maximum Gasteiger partial charge on any atom is 0.151 e. The fraction of sp³-hybridized carbons (Fsp3) is 0.750. The zero-order chi connectivity index (χ0) is 9.78. The largest absolute Gasteiger partial charge is 0.748 e. The van der Waals surface area contributed by atoms with E-state index in [1.807, 2.05) is 0 Å². The molecule has 8 heteroatoms. The predicted octanol–water partition coefficient (Wildman–Crippen LogP) is -1.48. The highest BCUT2D eigenvalue weighted by Crippen LogP contribution is 2.02. The van der Waals surface area contributed by atoms with Gasteiger partial charge in [0, 0.05) is 5.75 Å². The van der Waals surface area contributed by atoms with Gasteiger partial charge in [-0.25, -0.2) is 8.42 Å². The van der Waals surface area contributed by atoms with Gasteiger partial charge in [-0.05, 0) is 0 Å². The van der Waals surface area contributed by atoms with Crippen molar-refractivity contribution < 1.29 is 18.1 Å². The monoisotopic (exact) mass is 213 g/mol. The van der Waals surface area contributed by atoms with Crippen LogP contribution in [-0.2, 0) is 10.1 Å². The number of hydrogen-bond donors (Lipinski definition) is 3. The van der Waals surface area contributed by atoms with Crippen molar-refractivity contribution in [2.75, 3.05) is 11.5 Å². The lowest BCUT2D eigenvalue weighted by molar-refractivity contribution is 0.219. The molecule has 0 spiro atoms. The summed E-state index contributed by atoms with van der Waals surface area (Å²) in [6, 6.07) is 0. The number of nitrogens with two attached hydrogens (primary N) is 1. The van der Waals surface area contributed by atoms with E-state index in [-0.39, 0.29) is 10.9 Å². The highest BCUT2D eigenvalue weighted by atomic mass is 32.2. The fourth-order valence-electron chi connectivity index (χ4n) is 0.470. The van der Waals surface area contributed by atoms with Gasteiger partial charge in [-0.3, -0.25) is 5.41 Å². The average molecular weight is 213 g/mol. The summed E-state index contributed by atoms with van der Waals surface area (Å²) in [6.45, 7) is 0. The van der Waals surface area contributed by atoms with Gasteiger partial charge in [0.2, 0.25) is 0 Å². The molecule has 0 aromatic rings. The number of rotatable bonds is 4. The zero-order valence-electron chi connectivity index (χ0n) is 6.06. The highest BCUT2D eigenvalue weighted by molar-refractivity contribution is 8.13. The first kappa shape index (κ1) is 11.7. The molecule has 0 aromatic heterocycles. The Kier molecular flexibility index (Phi) is 4.53. The molecule has 0 aliphatic carbocycles. The Labute approximate surface area is 74.4 Å². The number of aliphatic hydroxyl groups is 1. The molecule has 4 N–H and O–H groups in total. The summed E-state index contributed by atoms with van der Waals surface area (Å²) >= 11 is 0.788. The molecule has 0 saturated heterocycles. The minimum atomic E-state index is -4.40. The Morgan fingerprint density at radius 2 is 2.25 bits per heavy atom. The third-order valence-corrected chi connectivity index (χ3v) is 2.48. The van der Waals surface area contributed by atoms with E-state index < -0.39 is 22.0 Å². The van der Waals surface area contributed by atoms with Gasteiger partial charge in [0.25, 0.3) is 0 Å². The van der Waals surface area contributed by atoms with Crippen molar-refractivity contribution in [3.05, 3.63) is 0 Å². The van der Waals surface area contributed by atoms with Crippen molar-refractivity contribution in [1.82, 2.24) is 0 Å². The minimum absolute atomic E-state index is 0.0587. The SMILES string of the molecule is N=C(N)SC[C@H](O)CS(=O)(=O)[O-]. The first-order valence-corrected chi connectivity index (χ1v) is 5.46. The van der Waals surface area contributed by atoms with Crippen LogP contribution in [0.1, 0.15) is 0 Å². The summed E-state index contributed by atoms with van der Waals surface area (Å²) in [6.07, 6.45) is -1.26. The van der Waals surface area contributed by atoms with Gasteiger partial charge in [-0.15, -0.1) is 0 Å². The van der Waals surface area contributed by atoms with E-state index in [0.29, 0.717) is 0 Å². The minimum Gasteiger partial charge on any atom is -0.748 e. The summed E-state index contributed by atoms with van der Waals surface area (Å²) < 4.78 is 30.2. The van der Waals surface area contributed by atoms with Crippen molar-refractivity contribution >= 4 is 27.0 Å². The van der Waals surface area contributed by atoms with Crippen molar-refractivity contribution in [3.63, 3.8) is 0 Å². The molecule has 0 amide bonds. The molecule has 0 saturated carbocycles. The van der Waals surface area contributed by atoms with Crippen LogP contribution >= 0.6 is 11.8 Å². The molecule has 72 valence electrons. The molecule has 1 atom stereocenters. The van der Waals surface area contributed by atoms with Crippen LogP contribution in [0.15, 0.2) is 0 Å². The van der Waals surface area contributed by atoms with E-state index in [2.05, 4.69) is 0 Å². The zero-order valence-corrected chi connectivity index (χ0v) is 7.69. The van der Waals surface area contributed by atoms with E-state index in [1.165, 1.54) is 0 Å². The number of amidine groups is 1. The second kappa shape index (κ2) is 4.65. The lowest BCUT2D eigenvalue weighted by Gasteiger charge is -2.11. The van der Waals surface area contributed by atoms with Gasteiger partial charge in [0.05, 0.1) is 22.0 Å². The van der Waals surface area contributed by atoms with E-state index in [1.54, 1.807) is 0 Å². The lowest BCUT2D eigenvalue weighted by atomic mass is 10.5. The van der Waals surface area contributed by atoms with Crippen LogP contribution in [0.25, 0.3) is 0 Å². The number of aliphatic hydroxyl groups excluding tert-OH is 1. The molecule has 0 rings (SSSR count). The maximum absolute atomic E-state index is 10.1. The first-order valence-electron chi connectivity index (χ1n) is 2.89. The Hall–Kier alpha value is -0.310. The topological polar surface area (TPSA) is 127 Å². The Morgan fingerprint density at radius 1 is 1.75 bits per heavy atom. The maximum atomic E-state index is 10.1. The third-order valence-electron chi connectivity index (χ3n) is 0.828. The average Bonchev–Trinajstić information content (AvgIpc) is 1.79. The smallest absolute Gasteiger partial charge is 0.151 e. The molecule has 0 heterocycles. The van der Waals surface area contributed by atoms with Crippen LogP contribution in [0.2, 0.25) is 0 Å². The van der Waals surface area contributed by atoms with E-state index in [4.69, 9.17) is 16.2 Å². The van der Waals surface area contributed by atoms with E-state index in [0.717, 1.165) is 11.8 Å². The van der Waals surface area contributed by atoms with Gasteiger partial charge in [0.1, 0.15) is 0 Å². The molecule has 0 unspecified atom stereocenters. The summed E-state index contributed by atoms with van der Waals surface area (Å²) in [5.41, 5.74) is 4.91. The van der Waals surface area contributed by atoms with Gasteiger partial charge in [-0.1, -0.05) is 11.8 Å². The molecular weight excluding hydrogens is 204 g/mol. The predicted molar refractivity (Wildman–Crippen MR) is 44.9 cm³/mol.